The van der Waals surface area contributed by atoms with E-state index in [4.69, 9.17) is 9.47 Å². The van der Waals surface area contributed by atoms with Gasteiger partial charge in [-0.2, -0.15) is 0 Å². The summed E-state index contributed by atoms with van der Waals surface area (Å²) in [6.07, 6.45) is 0. The van der Waals surface area contributed by atoms with Crippen molar-refractivity contribution in [1.82, 2.24) is 11.7 Å². The molecule has 2 aromatic rings. The molecule has 24 heavy (non-hydrogen) atoms. The monoisotopic (exact) mass is 561 g/mol. The molecule has 0 atom stereocenters. The summed E-state index contributed by atoms with van der Waals surface area (Å²) in [5.41, 5.74) is 4.20. The Morgan fingerprint density at radius 3 is 2.54 bits per heavy atom. The van der Waals surface area contributed by atoms with E-state index >= 15 is 0 Å². The van der Waals surface area contributed by atoms with Gasteiger partial charge in [-0.1, -0.05) is 0 Å². The summed E-state index contributed by atoms with van der Waals surface area (Å²) < 4.78 is 17.5. The van der Waals surface area contributed by atoms with Crippen LogP contribution >= 0.6 is 0 Å². The van der Waals surface area contributed by atoms with E-state index in [0.29, 0.717) is 19.0 Å². The molecule has 2 aromatic heterocycles. The molecule has 138 valence electrons. The van der Waals surface area contributed by atoms with Crippen molar-refractivity contribution < 1.29 is 54.8 Å². The van der Waals surface area contributed by atoms with Gasteiger partial charge in [0.1, 0.15) is 0 Å². The van der Waals surface area contributed by atoms with Crippen LogP contribution in [0.4, 0.5) is 0 Å². The van der Waals surface area contributed by atoms with Gasteiger partial charge in [0.2, 0.25) is 0 Å². The summed E-state index contributed by atoms with van der Waals surface area (Å²) >= 11 is -2.20. The molecule has 4 N–H and O–H groups in total. The third-order valence-electron chi connectivity index (χ3n) is 3.70. The molecule has 0 saturated heterocycles. The second kappa shape index (κ2) is 7.32. The van der Waals surface area contributed by atoms with Crippen molar-refractivity contribution in [2.75, 3.05) is 23.1 Å². The zero-order valence-electron chi connectivity index (χ0n) is 14.4. The Morgan fingerprint density at radius 1 is 1.17 bits per heavy atom. The number of hydrogen-bond acceptors (Lipinski definition) is 4. The van der Waals surface area contributed by atoms with Crippen molar-refractivity contribution >= 4 is 0 Å². The number of rotatable bonds is 6. The molecular weight excluding hydrogens is 536 g/mol. The van der Waals surface area contributed by atoms with Crippen molar-refractivity contribution in [2.24, 2.45) is 0 Å². The number of halogens is 2. The van der Waals surface area contributed by atoms with Gasteiger partial charge >= 0.3 is 158 Å². The first-order chi connectivity index (χ1) is 11.4. The van der Waals surface area contributed by atoms with E-state index in [0.717, 1.165) is 37.4 Å². The number of H-pyrrole nitrogens is 2. The van der Waals surface area contributed by atoms with E-state index in [1.807, 2.05) is 19.9 Å². The fourth-order valence-electron chi connectivity index (χ4n) is 2.63. The standard InChI is InChI=1S/C16H25I2N3O3/c1-10-14(22)7-12(19-10)8-17-21-18(3,4)9-13-16-15(11(2)20-13)23-5-6-24-16/h7,19-22H,5-6,8-9H2,1-4H3/q-2. The number of aromatic amines is 2. The molecule has 0 aliphatic carbocycles. The Morgan fingerprint density at radius 2 is 1.88 bits per heavy atom. The van der Waals surface area contributed by atoms with Gasteiger partial charge in [0.05, 0.1) is 0 Å². The molecule has 0 aromatic carbocycles. The minimum atomic E-state index is -2.06. The molecular formula is C16H25I2N3O3-2. The number of fused-ring (bicyclic) bond motifs is 1. The molecule has 1 aliphatic rings. The van der Waals surface area contributed by atoms with Crippen molar-refractivity contribution in [3.8, 4) is 17.2 Å². The zero-order valence-corrected chi connectivity index (χ0v) is 18.7. The number of nitrogens with one attached hydrogen (secondary N) is 3. The van der Waals surface area contributed by atoms with Crippen LogP contribution in [0.1, 0.15) is 22.8 Å². The molecule has 0 spiro atoms. The summed E-state index contributed by atoms with van der Waals surface area (Å²) in [5, 5.41) is 9.65. The average Bonchev–Trinajstić information content (AvgIpc) is 2.99. The molecule has 1 aliphatic heterocycles. The number of aromatic hydroxyl groups is 1. The van der Waals surface area contributed by atoms with Crippen molar-refractivity contribution in [3.05, 3.63) is 28.8 Å². The van der Waals surface area contributed by atoms with Crippen LogP contribution in [0, 0.1) is 13.8 Å². The first-order valence-electron chi connectivity index (χ1n) is 7.66. The number of hydrogen-bond donors (Lipinski definition) is 4. The number of aryl methyl sites for hydroxylation is 2. The zero-order chi connectivity index (χ0) is 17.3. The third-order valence-corrected chi connectivity index (χ3v) is 18.3. The summed E-state index contributed by atoms with van der Waals surface area (Å²) in [4.78, 5) is 11.5. The van der Waals surface area contributed by atoms with E-state index in [1.165, 1.54) is 5.69 Å². The van der Waals surface area contributed by atoms with Crippen molar-refractivity contribution in [1.29, 1.82) is 0 Å². The van der Waals surface area contributed by atoms with Gasteiger partial charge < -0.3 is 0 Å². The van der Waals surface area contributed by atoms with Gasteiger partial charge in [-0.25, -0.2) is 0 Å². The maximum atomic E-state index is 9.65. The van der Waals surface area contributed by atoms with Gasteiger partial charge in [0.25, 0.3) is 0 Å². The molecule has 0 amide bonds. The average molecular weight is 561 g/mol. The van der Waals surface area contributed by atoms with Crippen molar-refractivity contribution in [3.63, 3.8) is 0 Å². The molecule has 8 heteroatoms. The van der Waals surface area contributed by atoms with Crippen LogP contribution < -0.4 is 51.4 Å². The number of alkyl halides is 4. The topological polar surface area (TPSA) is 82.3 Å². The van der Waals surface area contributed by atoms with Crippen LogP contribution in [0.3, 0.4) is 0 Å². The molecule has 0 unspecified atom stereocenters. The summed E-state index contributed by atoms with van der Waals surface area (Å²) in [5.74, 6) is 2.17. The maximum absolute atomic E-state index is 9.65. The Balaban J connectivity index is 1.59. The predicted octanol–water partition coefficient (Wildman–Crippen LogP) is -3.93. The van der Waals surface area contributed by atoms with Crippen LogP contribution in [0.15, 0.2) is 6.07 Å². The molecule has 0 radical (unpaired) electrons. The Labute approximate surface area is 157 Å². The fraction of sp³-hybridized carbons (Fsp3) is 0.500. The van der Waals surface area contributed by atoms with Crippen LogP contribution in [-0.2, 0) is 8.86 Å². The molecule has 3 heterocycles. The quantitative estimate of drug-likeness (QED) is 0.165. The van der Waals surface area contributed by atoms with E-state index in [1.54, 1.807) is 0 Å². The van der Waals surface area contributed by atoms with Crippen LogP contribution in [0.5, 0.6) is 17.2 Å². The number of ether oxygens (including phenoxy) is 2. The molecule has 6 nitrogen and oxygen atoms in total. The fourth-order valence-corrected chi connectivity index (χ4v) is 14.1. The van der Waals surface area contributed by atoms with E-state index in [2.05, 4.69) is 21.6 Å². The molecule has 0 fully saturated rings. The Bertz CT molecular complexity index is 705. The van der Waals surface area contributed by atoms with Gasteiger partial charge in [0, 0.05) is 0 Å². The molecule has 0 bridgehead atoms. The van der Waals surface area contributed by atoms with Crippen molar-refractivity contribution in [2.45, 2.75) is 22.7 Å². The van der Waals surface area contributed by atoms with Crippen LogP contribution in [-0.4, -0.2) is 38.1 Å². The van der Waals surface area contributed by atoms with E-state index < -0.39 is 18.7 Å². The third kappa shape index (κ3) is 4.13. The second-order valence-corrected chi connectivity index (χ2v) is 19.8. The second-order valence-electron chi connectivity index (χ2n) is 6.28. The first-order valence-corrected chi connectivity index (χ1v) is 17.2. The Hall–Kier alpha value is -0.620. The van der Waals surface area contributed by atoms with Gasteiger partial charge in [-0.15, -0.1) is 0 Å². The van der Waals surface area contributed by atoms with Gasteiger partial charge in [0.15, 0.2) is 0 Å². The molecule has 0 saturated carbocycles. The van der Waals surface area contributed by atoms with E-state index in [-0.39, 0.29) is 21.5 Å². The SMILES string of the molecule is Cc1[nH]c(C[I-]N[I-](C)(C)Cc2[nH]c(C)c3c2OCCO3)cc1O. The minimum absolute atomic E-state index is 0.145. The first kappa shape index (κ1) is 18.2. The summed E-state index contributed by atoms with van der Waals surface area (Å²) in [6.45, 7) is 5.18. The van der Waals surface area contributed by atoms with E-state index in [9.17, 15) is 5.11 Å². The summed E-state index contributed by atoms with van der Waals surface area (Å²) in [7, 11) is 0. The number of aromatic nitrogens is 2. The van der Waals surface area contributed by atoms with Crippen LogP contribution in [0.2, 0.25) is 0 Å². The summed E-state index contributed by atoms with van der Waals surface area (Å²) in [6, 6.07) is 1.84. The van der Waals surface area contributed by atoms with Crippen LogP contribution in [0.25, 0.3) is 0 Å². The molecule has 3 rings (SSSR count). The Kier molecular flexibility index (Phi) is 5.55. The van der Waals surface area contributed by atoms with Gasteiger partial charge in [-0.05, 0) is 0 Å². The predicted molar refractivity (Wildman–Crippen MR) is 86.1 cm³/mol. The normalized spacial score (nSPS) is 15.0. The van der Waals surface area contributed by atoms with Gasteiger partial charge in [-0.3, -0.25) is 0 Å².